The zero-order valence-corrected chi connectivity index (χ0v) is 13.4. The van der Waals surface area contributed by atoms with E-state index in [0.717, 1.165) is 25.1 Å². The molecule has 1 aromatic rings. The monoisotopic (exact) mass is 294 g/mol. The minimum Gasteiger partial charge on any atom is -0.468 e. The first-order valence-corrected chi connectivity index (χ1v) is 7.63. The number of ether oxygens (including phenoxy) is 1. The van der Waals surface area contributed by atoms with E-state index in [9.17, 15) is 4.79 Å². The topological polar surface area (TPSA) is 54.7 Å². The first kappa shape index (κ1) is 15.9. The van der Waals surface area contributed by atoms with Crippen LogP contribution in [0, 0.1) is 0 Å². The summed E-state index contributed by atoms with van der Waals surface area (Å²) in [5, 5.41) is 2.88. The van der Waals surface area contributed by atoms with Crippen LogP contribution in [0.4, 0.5) is 4.79 Å². The number of hydrogen-bond donors (Lipinski definition) is 1. The van der Waals surface area contributed by atoms with E-state index >= 15 is 0 Å². The molecule has 2 atom stereocenters. The molecule has 0 aromatic carbocycles. The number of rotatable bonds is 4. The Hall–Kier alpha value is -1.49. The predicted octanol–water partition coefficient (Wildman–Crippen LogP) is 3.33. The van der Waals surface area contributed by atoms with Crippen molar-refractivity contribution in [3.05, 3.63) is 24.2 Å². The van der Waals surface area contributed by atoms with Crippen LogP contribution in [-0.4, -0.2) is 35.7 Å². The molecule has 0 aliphatic carbocycles. The van der Waals surface area contributed by atoms with Gasteiger partial charge in [0.25, 0.3) is 0 Å². The number of furan rings is 1. The van der Waals surface area contributed by atoms with Gasteiger partial charge in [0.2, 0.25) is 0 Å². The third-order valence-electron chi connectivity index (χ3n) is 3.76. The number of alkyl carbamates (subject to hydrolysis) is 1. The largest absolute Gasteiger partial charge is 0.468 e. The predicted molar refractivity (Wildman–Crippen MR) is 81.1 cm³/mol. The Labute approximate surface area is 126 Å². The maximum Gasteiger partial charge on any atom is 0.407 e. The number of carbonyl (C=O) groups excluding carboxylic acids is 1. The fourth-order valence-corrected chi connectivity index (χ4v) is 2.79. The summed E-state index contributed by atoms with van der Waals surface area (Å²) in [4.78, 5) is 14.1. The van der Waals surface area contributed by atoms with Crippen LogP contribution in [-0.2, 0) is 4.74 Å². The van der Waals surface area contributed by atoms with Gasteiger partial charge in [0, 0.05) is 12.6 Å². The van der Waals surface area contributed by atoms with Gasteiger partial charge in [-0.15, -0.1) is 0 Å². The fraction of sp³-hybridized carbons (Fsp3) is 0.688. The van der Waals surface area contributed by atoms with Gasteiger partial charge in [-0.3, -0.25) is 4.90 Å². The molecule has 118 valence electrons. The maximum absolute atomic E-state index is 11.8. The van der Waals surface area contributed by atoms with Gasteiger partial charge in [-0.05, 0) is 59.2 Å². The molecular weight excluding hydrogens is 268 g/mol. The van der Waals surface area contributed by atoms with Crippen LogP contribution in [0.1, 0.15) is 52.3 Å². The average Bonchev–Trinajstić information content (AvgIpc) is 3.05. The minimum atomic E-state index is -0.457. The molecule has 0 radical (unpaired) electrons. The van der Waals surface area contributed by atoms with E-state index in [0.29, 0.717) is 12.6 Å². The molecule has 21 heavy (non-hydrogen) atoms. The number of amides is 1. The summed E-state index contributed by atoms with van der Waals surface area (Å²) in [6.45, 7) is 9.39. The van der Waals surface area contributed by atoms with Crippen molar-refractivity contribution in [3.8, 4) is 0 Å². The normalized spacial score (nSPS) is 21.2. The number of nitrogens with one attached hydrogen (secondary N) is 1. The quantitative estimate of drug-likeness (QED) is 0.925. The Kier molecular flexibility index (Phi) is 4.93. The molecule has 1 aliphatic rings. The lowest BCUT2D eigenvalue weighted by atomic mass is 10.1. The lowest BCUT2D eigenvalue weighted by molar-refractivity contribution is 0.0506. The van der Waals surface area contributed by atoms with E-state index in [1.165, 1.54) is 0 Å². The summed E-state index contributed by atoms with van der Waals surface area (Å²) < 4.78 is 10.8. The Morgan fingerprint density at radius 3 is 2.95 bits per heavy atom. The second-order valence-electron chi connectivity index (χ2n) is 6.61. The first-order chi connectivity index (χ1) is 9.87. The number of hydrogen-bond acceptors (Lipinski definition) is 4. The molecule has 1 N–H and O–H groups in total. The average molecular weight is 294 g/mol. The molecular formula is C16H26N2O3. The molecule has 0 saturated carbocycles. The maximum atomic E-state index is 11.8. The lowest BCUT2D eigenvalue weighted by Crippen LogP contribution is -2.42. The summed E-state index contributed by atoms with van der Waals surface area (Å²) in [6.07, 6.45) is 3.59. The van der Waals surface area contributed by atoms with Gasteiger partial charge in [0.1, 0.15) is 11.4 Å². The zero-order valence-electron chi connectivity index (χ0n) is 13.4. The number of carbonyl (C=O) groups is 1. The standard InChI is InChI=1S/C16H26N2O3/c1-12(14-8-6-10-20-14)18-9-5-7-13(18)11-17-15(19)21-16(2,3)4/h6,8,10,12-13H,5,7,9,11H2,1-4H3,(H,17,19)/t12-,13-/m1/s1. The SMILES string of the molecule is C[C@H](c1ccco1)N1CCC[C@@H]1CNC(=O)OC(C)(C)C. The van der Waals surface area contributed by atoms with Crippen molar-refractivity contribution in [1.82, 2.24) is 10.2 Å². The molecule has 0 spiro atoms. The third kappa shape index (κ3) is 4.49. The summed E-state index contributed by atoms with van der Waals surface area (Å²) in [5.74, 6) is 0.971. The van der Waals surface area contributed by atoms with Crippen molar-refractivity contribution in [2.24, 2.45) is 0 Å². The van der Waals surface area contributed by atoms with E-state index < -0.39 is 5.60 Å². The van der Waals surface area contributed by atoms with Gasteiger partial charge in [-0.25, -0.2) is 4.79 Å². The fourth-order valence-electron chi connectivity index (χ4n) is 2.79. The molecule has 1 amide bonds. The Morgan fingerprint density at radius 1 is 1.57 bits per heavy atom. The minimum absolute atomic E-state index is 0.230. The second-order valence-corrected chi connectivity index (χ2v) is 6.61. The molecule has 2 heterocycles. The highest BCUT2D eigenvalue weighted by Gasteiger charge is 2.30. The van der Waals surface area contributed by atoms with Crippen LogP contribution < -0.4 is 5.32 Å². The first-order valence-electron chi connectivity index (χ1n) is 7.63. The molecule has 5 nitrogen and oxygen atoms in total. The van der Waals surface area contributed by atoms with E-state index in [1.807, 2.05) is 32.9 Å². The van der Waals surface area contributed by atoms with Gasteiger partial charge in [-0.2, -0.15) is 0 Å². The molecule has 1 fully saturated rings. The van der Waals surface area contributed by atoms with Gasteiger partial charge >= 0.3 is 6.09 Å². The van der Waals surface area contributed by atoms with Crippen LogP contribution in [0.5, 0.6) is 0 Å². The highest BCUT2D eigenvalue weighted by atomic mass is 16.6. The van der Waals surface area contributed by atoms with Crippen molar-refractivity contribution < 1.29 is 13.9 Å². The van der Waals surface area contributed by atoms with E-state index in [-0.39, 0.29) is 12.1 Å². The van der Waals surface area contributed by atoms with Crippen molar-refractivity contribution in [1.29, 1.82) is 0 Å². The van der Waals surface area contributed by atoms with E-state index in [4.69, 9.17) is 9.15 Å². The molecule has 0 unspecified atom stereocenters. The summed E-state index contributed by atoms with van der Waals surface area (Å²) in [7, 11) is 0. The lowest BCUT2D eigenvalue weighted by Gasteiger charge is -2.30. The molecule has 1 aromatic heterocycles. The number of nitrogens with zero attached hydrogens (tertiary/aromatic N) is 1. The third-order valence-corrected chi connectivity index (χ3v) is 3.76. The van der Waals surface area contributed by atoms with Crippen LogP contribution in [0.2, 0.25) is 0 Å². The van der Waals surface area contributed by atoms with Gasteiger partial charge < -0.3 is 14.5 Å². The summed E-state index contributed by atoms with van der Waals surface area (Å²) in [5.41, 5.74) is -0.457. The van der Waals surface area contributed by atoms with Crippen molar-refractivity contribution in [2.75, 3.05) is 13.1 Å². The van der Waals surface area contributed by atoms with E-state index in [2.05, 4.69) is 17.1 Å². The molecule has 1 saturated heterocycles. The molecule has 5 heteroatoms. The van der Waals surface area contributed by atoms with Crippen LogP contribution >= 0.6 is 0 Å². The molecule has 0 bridgehead atoms. The van der Waals surface area contributed by atoms with E-state index in [1.54, 1.807) is 6.26 Å². The smallest absolute Gasteiger partial charge is 0.407 e. The Morgan fingerprint density at radius 2 is 2.33 bits per heavy atom. The van der Waals surface area contributed by atoms with Crippen LogP contribution in [0.15, 0.2) is 22.8 Å². The summed E-state index contributed by atoms with van der Waals surface area (Å²) in [6, 6.07) is 4.47. The zero-order chi connectivity index (χ0) is 15.5. The van der Waals surface area contributed by atoms with Crippen molar-refractivity contribution in [3.63, 3.8) is 0 Å². The summed E-state index contributed by atoms with van der Waals surface area (Å²) >= 11 is 0. The highest BCUT2D eigenvalue weighted by molar-refractivity contribution is 5.67. The van der Waals surface area contributed by atoms with Gasteiger partial charge in [0.15, 0.2) is 0 Å². The van der Waals surface area contributed by atoms with Crippen LogP contribution in [0.3, 0.4) is 0 Å². The Bertz CT molecular complexity index is 451. The van der Waals surface area contributed by atoms with Crippen LogP contribution in [0.25, 0.3) is 0 Å². The molecule has 2 rings (SSSR count). The van der Waals surface area contributed by atoms with Gasteiger partial charge in [0.05, 0.1) is 12.3 Å². The Balaban J connectivity index is 1.86. The van der Waals surface area contributed by atoms with Crippen molar-refractivity contribution >= 4 is 6.09 Å². The van der Waals surface area contributed by atoms with Gasteiger partial charge in [-0.1, -0.05) is 0 Å². The number of likely N-dealkylation sites (tertiary alicyclic amines) is 1. The van der Waals surface area contributed by atoms with Crippen molar-refractivity contribution in [2.45, 2.75) is 58.2 Å². The second kappa shape index (κ2) is 6.52. The highest BCUT2D eigenvalue weighted by Crippen LogP contribution is 2.29. The molecule has 1 aliphatic heterocycles.